The Kier molecular flexibility index (Phi) is 4.88. The zero-order valence-electron chi connectivity index (χ0n) is 16.2. The third-order valence-electron chi connectivity index (χ3n) is 5.07. The summed E-state index contributed by atoms with van der Waals surface area (Å²) < 4.78 is 29.1. The Labute approximate surface area is 169 Å². The molecule has 1 unspecified atom stereocenters. The summed E-state index contributed by atoms with van der Waals surface area (Å²) in [6.45, 7) is 1.96. The van der Waals surface area contributed by atoms with E-state index in [1.807, 2.05) is 43.3 Å². The first-order valence-electron chi connectivity index (χ1n) is 9.39. The van der Waals surface area contributed by atoms with Crippen LogP contribution in [0.25, 0.3) is 21.7 Å². The molecule has 0 spiro atoms. The largest absolute Gasteiger partial charge is 0.451 e. The predicted octanol–water partition coefficient (Wildman–Crippen LogP) is 4.87. The van der Waals surface area contributed by atoms with Gasteiger partial charge in [0.25, 0.3) is 5.91 Å². The molecule has 148 valence electrons. The summed E-state index contributed by atoms with van der Waals surface area (Å²) in [5.41, 5.74) is 1.51. The molecule has 5 nitrogen and oxygen atoms in total. The minimum Gasteiger partial charge on any atom is -0.451 e. The Hall–Kier alpha value is -3.12. The summed E-state index contributed by atoms with van der Waals surface area (Å²) in [7, 11) is -3.25. The van der Waals surface area contributed by atoms with Crippen molar-refractivity contribution in [3.05, 3.63) is 78.1 Å². The lowest BCUT2D eigenvalue weighted by atomic mass is 10.0. The Morgan fingerprint density at radius 2 is 1.72 bits per heavy atom. The number of hydrogen-bond acceptors (Lipinski definition) is 4. The first kappa shape index (κ1) is 19.2. The first-order valence-corrected chi connectivity index (χ1v) is 11.3. The van der Waals surface area contributed by atoms with Crippen molar-refractivity contribution in [2.75, 3.05) is 6.26 Å². The van der Waals surface area contributed by atoms with E-state index in [0.29, 0.717) is 12.0 Å². The second-order valence-corrected chi connectivity index (χ2v) is 9.10. The Balaban J connectivity index is 1.61. The van der Waals surface area contributed by atoms with Gasteiger partial charge in [-0.3, -0.25) is 4.79 Å². The summed E-state index contributed by atoms with van der Waals surface area (Å²) in [6.07, 6.45) is 1.83. The summed E-state index contributed by atoms with van der Waals surface area (Å²) in [5.74, 6) is -0.0492. The van der Waals surface area contributed by atoms with Crippen molar-refractivity contribution in [2.24, 2.45) is 0 Å². The number of benzene rings is 3. The van der Waals surface area contributed by atoms with Crippen LogP contribution in [0, 0.1) is 0 Å². The number of sulfone groups is 1. The number of nitrogens with one attached hydrogen (secondary N) is 1. The molecule has 1 heterocycles. The molecule has 0 aliphatic carbocycles. The second kappa shape index (κ2) is 7.37. The number of carbonyl (C=O) groups is 1. The van der Waals surface area contributed by atoms with Gasteiger partial charge in [-0.1, -0.05) is 49.4 Å². The zero-order valence-corrected chi connectivity index (χ0v) is 17.0. The zero-order chi connectivity index (χ0) is 20.6. The number of furan rings is 1. The molecule has 1 amide bonds. The van der Waals surface area contributed by atoms with Crippen LogP contribution in [0.3, 0.4) is 0 Å². The van der Waals surface area contributed by atoms with Crippen molar-refractivity contribution in [1.29, 1.82) is 0 Å². The molecule has 6 heteroatoms. The van der Waals surface area contributed by atoms with Gasteiger partial charge in [0.1, 0.15) is 5.58 Å². The maximum absolute atomic E-state index is 12.8. The second-order valence-electron chi connectivity index (χ2n) is 7.08. The fourth-order valence-corrected chi connectivity index (χ4v) is 4.13. The number of hydrogen-bond donors (Lipinski definition) is 1. The van der Waals surface area contributed by atoms with Gasteiger partial charge in [-0.15, -0.1) is 0 Å². The van der Waals surface area contributed by atoms with E-state index >= 15 is 0 Å². The van der Waals surface area contributed by atoms with Crippen LogP contribution in [0.2, 0.25) is 0 Å². The van der Waals surface area contributed by atoms with Gasteiger partial charge in [-0.25, -0.2) is 8.42 Å². The molecule has 4 rings (SSSR count). The van der Waals surface area contributed by atoms with Crippen LogP contribution in [0.5, 0.6) is 0 Å². The van der Waals surface area contributed by atoms with Crippen molar-refractivity contribution in [1.82, 2.24) is 5.32 Å². The highest BCUT2D eigenvalue weighted by molar-refractivity contribution is 7.90. The standard InChI is InChI=1S/C23H21NO4S/c1-3-20(16-8-11-17(12-9-16)29(2,26)27)24-23(25)22-14-19-18-7-5-4-6-15(18)10-13-21(19)28-22/h4-14,20H,3H2,1-2H3,(H,24,25). The van der Waals surface area contributed by atoms with Crippen molar-refractivity contribution in [2.45, 2.75) is 24.3 Å². The Bertz CT molecular complexity index is 1300. The van der Waals surface area contributed by atoms with Crippen molar-refractivity contribution in [3.8, 4) is 0 Å². The van der Waals surface area contributed by atoms with Gasteiger partial charge in [-0.05, 0) is 47.0 Å². The molecule has 1 aromatic heterocycles. The average Bonchev–Trinajstić information content (AvgIpc) is 3.16. The molecule has 0 saturated carbocycles. The van der Waals surface area contributed by atoms with Gasteiger partial charge in [0, 0.05) is 11.6 Å². The molecule has 0 saturated heterocycles. The van der Waals surface area contributed by atoms with E-state index in [1.54, 1.807) is 30.3 Å². The summed E-state index contributed by atoms with van der Waals surface area (Å²) in [4.78, 5) is 13.1. The highest BCUT2D eigenvalue weighted by Crippen LogP contribution is 2.28. The Morgan fingerprint density at radius 1 is 1.00 bits per heavy atom. The minimum atomic E-state index is -3.25. The third kappa shape index (κ3) is 3.76. The monoisotopic (exact) mass is 407 g/mol. The molecule has 29 heavy (non-hydrogen) atoms. The molecule has 0 bridgehead atoms. The molecule has 0 fully saturated rings. The van der Waals surface area contributed by atoms with E-state index in [1.165, 1.54) is 6.26 Å². The maximum atomic E-state index is 12.8. The van der Waals surface area contributed by atoms with Crippen LogP contribution in [0.1, 0.15) is 35.5 Å². The normalized spacial score (nSPS) is 12.9. The lowest BCUT2D eigenvalue weighted by Crippen LogP contribution is -2.27. The highest BCUT2D eigenvalue weighted by Gasteiger charge is 2.19. The molecule has 4 aromatic rings. The van der Waals surface area contributed by atoms with Crippen LogP contribution >= 0.6 is 0 Å². The SMILES string of the molecule is CCC(NC(=O)c1cc2c(ccc3ccccc32)o1)c1ccc(S(C)(=O)=O)cc1. The smallest absolute Gasteiger partial charge is 0.287 e. The van der Waals surface area contributed by atoms with Crippen LogP contribution in [0.15, 0.2) is 76.0 Å². The molecule has 1 N–H and O–H groups in total. The van der Waals surface area contributed by atoms with E-state index in [2.05, 4.69) is 5.32 Å². The van der Waals surface area contributed by atoms with Gasteiger partial charge < -0.3 is 9.73 Å². The van der Waals surface area contributed by atoms with E-state index in [4.69, 9.17) is 4.42 Å². The van der Waals surface area contributed by atoms with E-state index in [-0.39, 0.29) is 22.6 Å². The van der Waals surface area contributed by atoms with Crippen LogP contribution in [0.4, 0.5) is 0 Å². The van der Waals surface area contributed by atoms with Crippen molar-refractivity contribution >= 4 is 37.5 Å². The molecular weight excluding hydrogens is 386 g/mol. The van der Waals surface area contributed by atoms with Gasteiger partial charge in [-0.2, -0.15) is 0 Å². The molecule has 3 aromatic carbocycles. The lowest BCUT2D eigenvalue weighted by Gasteiger charge is -2.17. The summed E-state index contributed by atoms with van der Waals surface area (Å²) in [5, 5.41) is 6.01. The molecule has 0 radical (unpaired) electrons. The summed E-state index contributed by atoms with van der Waals surface area (Å²) >= 11 is 0. The van der Waals surface area contributed by atoms with Crippen LogP contribution < -0.4 is 5.32 Å². The van der Waals surface area contributed by atoms with Crippen molar-refractivity contribution in [3.63, 3.8) is 0 Å². The van der Waals surface area contributed by atoms with E-state index < -0.39 is 9.84 Å². The first-order chi connectivity index (χ1) is 13.9. The average molecular weight is 407 g/mol. The Morgan fingerprint density at radius 3 is 2.41 bits per heavy atom. The molecule has 0 aliphatic heterocycles. The fourth-order valence-electron chi connectivity index (χ4n) is 3.50. The minimum absolute atomic E-state index is 0.249. The van der Waals surface area contributed by atoms with Gasteiger partial charge in [0.15, 0.2) is 15.6 Å². The maximum Gasteiger partial charge on any atom is 0.287 e. The predicted molar refractivity (Wildman–Crippen MR) is 114 cm³/mol. The van der Waals surface area contributed by atoms with E-state index in [0.717, 1.165) is 21.7 Å². The molecule has 1 atom stereocenters. The van der Waals surface area contributed by atoms with Gasteiger partial charge >= 0.3 is 0 Å². The number of carbonyl (C=O) groups excluding carboxylic acids is 1. The lowest BCUT2D eigenvalue weighted by molar-refractivity contribution is 0.0909. The van der Waals surface area contributed by atoms with Crippen LogP contribution in [-0.4, -0.2) is 20.6 Å². The third-order valence-corrected chi connectivity index (χ3v) is 6.20. The van der Waals surface area contributed by atoms with E-state index in [9.17, 15) is 13.2 Å². The fraction of sp³-hybridized carbons (Fsp3) is 0.174. The number of amides is 1. The van der Waals surface area contributed by atoms with Crippen molar-refractivity contribution < 1.29 is 17.6 Å². The van der Waals surface area contributed by atoms with Crippen LogP contribution in [-0.2, 0) is 9.84 Å². The molecular formula is C23H21NO4S. The highest BCUT2D eigenvalue weighted by atomic mass is 32.2. The number of rotatable bonds is 5. The molecule has 0 aliphatic rings. The quantitative estimate of drug-likeness (QED) is 0.512. The summed E-state index contributed by atoms with van der Waals surface area (Å²) in [6, 6.07) is 19.9. The topological polar surface area (TPSA) is 76.4 Å². The van der Waals surface area contributed by atoms with Gasteiger partial charge in [0.2, 0.25) is 0 Å². The number of fused-ring (bicyclic) bond motifs is 3. The van der Waals surface area contributed by atoms with Gasteiger partial charge in [0.05, 0.1) is 10.9 Å².